The molecule has 4 heteroatoms. The standard InChI is InChI=1S/C58H37N3S/c1-3-16-38(17-4-1)40-20-14-24-45(35-40)56-59-55(39-18-5-2-6-19-39)60-57(61-56)46-25-15-23-43(36-46)41-21-13-22-42(34-41)44-32-33-52-54(37-44)62-53-31-12-11-30-51(53)58(52)49-28-9-7-26-47(49)48-27-8-10-29-50(48)58/h1-37H. The molecule has 1 aromatic heterocycles. The third kappa shape index (κ3) is 5.94. The van der Waals surface area contributed by atoms with Crippen molar-refractivity contribution in [3.63, 3.8) is 0 Å². The average Bonchev–Trinajstić information content (AvgIpc) is 3.65. The summed E-state index contributed by atoms with van der Waals surface area (Å²) in [6, 6.07) is 80.5. The van der Waals surface area contributed by atoms with Crippen LogP contribution in [0.3, 0.4) is 0 Å². The van der Waals surface area contributed by atoms with Crippen molar-refractivity contribution in [3.05, 3.63) is 247 Å². The third-order valence-corrected chi connectivity index (χ3v) is 13.5. The molecule has 0 bridgehead atoms. The lowest BCUT2D eigenvalue weighted by molar-refractivity contribution is 0.722. The number of aromatic nitrogens is 3. The molecule has 1 spiro atoms. The van der Waals surface area contributed by atoms with Gasteiger partial charge in [0, 0.05) is 26.5 Å². The lowest BCUT2D eigenvalue weighted by Crippen LogP contribution is -2.31. The second-order valence-corrected chi connectivity index (χ2v) is 17.0. The third-order valence-electron chi connectivity index (χ3n) is 12.4. The predicted molar refractivity (Wildman–Crippen MR) is 254 cm³/mol. The van der Waals surface area contributed by atoms with Crippen LogP contribution in [-0.2, 0) is 5.41 Å². The van der Waals surface area contributed by atoms with E-state index in [-0.39, 0.29) is 5.41 Å². The molecule has 3 nitrogen and oxygen atoms in total. The Hall–Kier alpha value is -7.66. The minimum Gasteiger partial charge on any atom is -0.208 e. The van der Waals surface area contributed by atoms with Gasteiger partial charge in [-0.15, -0.1) is 0 Å². The fourth-order valence-corrected chi connectivity index (χ4v) is 10.8. The summed E-state index contributed by atoms with van der Waals surface area (Å²) in [6.07, 6.45) is 0. The van der Waals surface area contributed by atoms with Gasteiger partial charge in [0.1, 0.15) is 0 Å². The van der Waals surface area contributed by atoms with Gasteiger partial charge in [-0.2, -0.15) is 0 Å². The molecule has 0 fully saturated rings. The molecule has 290 valence electrons. The maximum atomic E-state index is 5.12. The molecular weight excluding hydrogens is 771 g/mol. The van der Waals surface area contributed by atoms with Crippen molar-refractivity contribution in [2.24, 2.45) is 0 Å². The van der Waals surface area contributed by atoms with E-state index in [4.69, 9.17) is 15.0 Å². The second kappa shape index (κ2) is 14.8. The fraction of sp³-hybridized carbons (Fsp3) is 0.0172. The molecule has 0 N–H and O–H groups in total. The highest BCUT2D eigenvalue weighted by Crippen LogP contribution is 2.62. The zero-order chi connectivity index (χ0) is 41.0. The molecule has 10 aromatic rings. The Labute approximate surface area is 365 Å². The van der Waals surface area contributed by atoms with Crippen molar-refractivity contribution in [1.82, 2.24) is 15.0 Å². The summed E-state index contributed by atoms with van der Waals surface area (Å²) >= 11 is 1.88. The molecule has 0 amide bonds. The normalized spacial score (nSPS) is 12.9. The topological polar surface area (TPSA) is 38.7 Å². The molecular formula is C58H37N3S. The molecule has 9 aromatic carbocycles. The quantitative estimate of drug-likeness (QED) is 0.168. The summed E-state index contributed by atoms with van der Waals surface area (Å²) in [6.45, 7) is 0. The van der Waals surface area contributed by atoms with Gasteiger partial charge in [-0.3, -0.25) is 0 Å². The Morgan fingerprint density at radius 2 is 0.645 bits per heavy atom. The van der Waals surface area contributed by atoms with Crippen LogP contribution in [0.15, 0.2) is 234 Å². The first-order valence-electron chi connectivity index (χ1n) is 21.0. The Kier molecular flexibility index (Phi) is 8.65. The highest BCUT2D eigenvalue weighted by Gasteiger charge is 2.50. The molecule has 2 aliphatic rings. The summed E-state index contributed by atoms with van der Waals surface area (Å²) in [7, 11) is 0. The summed E-state index contributed by atoms with van der Waals surface area (Å²) in [4.78, 5) is 17.8. The van der Waals surface area contributed by atoms with Crippen molar-refractivity contribution in [2.75, 3.05) is 0 Å². The number of hydrogen-bond donors (Lipinski definition) is 0. The van der Waals surface area contributed by atoms with Crippen molar-refractivity contribution in [2.45, 2.75) is 15.2 Å². The van der Waals surface area contributed by atoms with E-state index >= 15 is 0 Å². The molecule has 1 aliphatic carbocycles. The van der Waals surface area contributed by atoms with Gasteiger partial charge in [0.2, 0.25) is 0 Å². The number of benzene rings is 9. The zero-order valence-corrected chi connectivity index (χ0v) is 34.4. The van der Waals surface area contributed by atoms with E-state index in [1.807, 2.05) is 36.0 Å². The van der Waals surface area contributed by atoms with Gasteiger partial charge >= 0.3 is 0 Å². The van der Waals surface area contributed by atoms with Crippen LogP contribution < -0.4 is 0 Å². The van der Waals surface area contributed by atoms with Crippen LogP contribution >= 0.6 is 11.8 Å². The molecule has 0 saturated heterocycles. The first kappa shape index (κ1) is 36.2. The lowest BCUT2D eigenvalue weighted by Gasteiger charge is -2.39. The number of fused-ring (bicyclic) bond motifs is 9. The van der Waals surface area contributed by atoms with E-state index in [1.165, 1.54) is 54.3 Å². The van der Waals surface area contributed by atoms with Gasteiger partial charge in [-0.05, 0) is 97.1 Å². The number of nitrogens with zero attached hydrogens (tertiary/aromatic N) is 3. The minimum absolute atomic E-state index is 0.384. The van der Waals surface area contributed by atoms with E-state index in [2.05, 4.69) is 200 Å². The van der Waals surface area contributed by atoms with Gasteiger partial charge in [0.15, 0.2) is 17.5 Å². The van der Waals surface area contributed by atoms with E-state index in [9.17, 15) is 0 Å². The first-order valence-corrected chi connectivity index (χ1v) is 21.8. The fourth-order valence-electron chi connectivity index (χ4n) is 9.58. The second-order valence-electron chi connectivity index (χ2n) is 15.9. The van der Waals surface area contributed by atoms with E-state index in [0.29, 0.717) is 17.5 Å². The Morgan fingerprint density at radius 1 is 0.258 bits per heavy atom. The first-order chi connectivity index (χ1) is 30.7. The monoisotopic (exact) mass is 807 g/mol. The maximum absolute atomic E-state index is 5.12. The lowest BCUT2D eigenvalue weighted by atomic mass is 9.67. The van der Waals surface area contributed by atoms with Crippen LogP contribution in [0.1, 0.15) is 22.3 Å². The van der Waals surface area contributed by atoms with Gasteiger partial charge in [0.05, 0.1) is 5.41 Å². The van der Waals surface area contributed by atoms with E-state index in [1.54, 1.807) is 0 Å². The summed E-state index contributed by atoms with van der Waals surface area (Å²) in [5.41, 5.74) is 17.3. The smallest absolute Gasteiger partial charge is 0.164 e. The largest absolute Gasteiger partial charge is 0.208 e. The van der Waals surface area contributed by atoms with E-state index in [0.717, 1.165) is 38.9 Å². The van der Waals surface area contributed by atoms with Gasteiger partial charge in [-0.1, -0.05) is 206 Å². The minimum atomic E-state index is -0.384. The van der Waals surface area contributed by atoms with Crippen LogP contribution in [0.25, 0.3) is 78.7 Å². The summed E-state index contributed by atoms with van der Waals surface area (Å²) in [5.74, 6) is 1.91. The molecule has 2 heterocycles. The number of hydrogen-bond acceptors (Lipinski definition) is 4. The summed E-state index contributed by atoms with van der Waals surface area (Å²) in [5, 5.41) is 0. The van der Waals surface area contributed by atoms with Crippen LogP contribution in [0.4, 0.5) is 0 Å². The predicted octanol–water partition coefficient (Wildman–Crippen LogP) is 14.7. The van der Waals surface area contributed by atoms with Crippen LogP contribution in [0.2, 0.25) is 0 Å². The summed E-state index contributed by atoms with van der Waals surface area (Å²) < 4.78 is 0. The molecule has 62 heavy (non-hydrogen) atoms. The molecule has 0 saturated carbocycles. The van der Waals surface area contributed by atoms with Crippen LogP contribution in [0, 0.1) is 0 Å². The number of rotatable bonds is 6. The zero-order valence-electron chi connectivity index (χ0n) is 33.6. The highest BCUT2D eigenvalue weighted by atomic mass is 32.2. The SMILES string of the molecule is c1ccc(-c2cccc(-c3nc(-c4ccccc4)nc(-c4cccc(-c5cccc(-c6ccc7c(c6)Sc6ccccc6C76c7ccccc7-c7ccccc76)c5)c4)n3)c2)cc1. The molecule has 0 radical (unpaired) electrons. The van der Waals surface area contributed by atoms with Gasteiger partial charge in [0.25, 0.3) is 0 Å². The van der Waals surface area contributed by atoms with Gasteiger partial charge in [-0.25, -0.2) is 15.0 Å². The molecule has 0 unspecified atom stereocenters. The van der Waals surface area contributed by atoms with E-state index < -0.39 is 0 Å². The van der Waals surface area contributed by atoms with Gasteiger partial charge < -0.3 is 0 Å². The van der Waals surface area contributed by atoms with Crippen LogP contribution in [-0.4, -0.2) is 15.0 Å². The average molecular weight is 808 g/mol. The molecule has 1 aliphatic heterocycles. The Bertz CT molecular complexity index is 3290. The van der Waals surface area contributed by atoms with Crippen LogP contribution in [0.5, 0.6) is 0 Å². The van der Waals surface area contributed by atoms with Crippen molar-refractivity contribution in [1.29, 1.82) is 0 Å². The highest BCUT2D eigenvalue weighted by molar-refractivity contribution is 7.99. The molecule has 0 atom stereocenters. The van der Waals surface area contributed by atoms with Crippen molar-refractivity contribution < 1.29 is 0 Å². The Morgan fingerprint density at radius 3 is 1.23 bits per heavy atom. The van der Waals surface area contributed by atoms with Crippen molar-refractivity contribution in [3.8, 4) is 78.7 Å². The molecule has 12 rings (SSSR count). The van der Waals surface area contributed by atoms with Crippen molar-refractivity contribution >= 4 is 11.8 Å². The Balaban J connectivity index is 0.935. The maximum Gasteiger partial charge on any atom is 0.164 e.